The second kappa shape index (κ2) is 9.52. The number of carbonyl (C=O) groups excluding carboxylic acids is 2. The molecule has 3 rings (SSSR count). The number of aliphatic hydroxyl groups excluding tert-OH is 1. The first-order valence-corrected chi connectivity index (χ1v) is 11.8. The van der Waals surface area contributed by atoms with Crippen LogP contribution in [0.15, 0.2) is 22.4 Å². The minimum atomic E-state index is -0.610. The molecule has 8 heteroatoms. The number of piperidine rings is 1. The number of likely N-dealkylation sites (tertiary alicyclic amines) is 1. The van der Waals surface area contributed by atoms with Crippen molar-refractivity contribution >= 4 is 57.5 Å². The maximum atomic E-state index is 13.5. The summed E-state index contributed by atoms with van der Waals surface area (Å²) in [6, 6.07) is 3.32. The monoisotopic (exact) mass is 438 g/mol. The SMILES string of the molecule is CC(C)C(C(=O)N1CCCCC1CCO)N1C(=O)C(=Cc2cccs2)SC1=S. The van der Waals surface area contributed by atoms with E-state index in [1.165, 1.54) is 16.7 Å². The molecule has 0 aliphatic carbocycles. The van der Waals surface area contributed by atoms with Crippen LogP contribution < -0.4 is 0 Å². The summed E-state index contributed by atoms with van der Waals surface area (Å²) in [5.41, 5.74) is 0. The van der Waals surface area contributed by atoms with Gasteiger partial charge in [0.15, 0.2) is 0 Å². The van der Waals surface area contributed by atoms with Crippen LogP contribution in [0.5, 0.6) is 0 Å². The summed E-state index contributed by atoms with van der Waals surface area (Å²) in [5.74, 6) is -0.305. The molecule has 2 fully saturated rings. The summed E-state index contributed by atoms with van der Waals surface area (Å²) in [7, 11) is 0. The van der Waals surface area contributed by atoms with Crippen molar-refractivity contribution in [3.05, 3.63) is 27.3 Å². The molecule has 1 N–H and O–H groups in total. The average Bonchev–Trinajstić information content (AvgIpc) is 3.26. The third-order valence-corrected chi connectivity index (χ3v) is 7.33. The van der Waals surface area contributed by atoms with Crippen LogP contribution in [-0.2, 0) is 9.59 Å². The van der Waals surface area contributed by atoms with Crippen LogP contribution in [0.2, 0.25) is 0 Å². The van der Waals surface area contributed by atoms with Gasteiger partial charge in [-0.05, 0) is 49.1 Å². The number of nitrogens with zero attached hydrogens (tertiary/aromatic N) is 2. The highest BCUT2D eigenvalue weighted by Crippen LogP contribution is 2.37. The number of thiocarbonyl (C=S) groups is 1. The molecule has 2 amide bonds. The zero-order valence-electron chi connectivity index (χ0n) is 16.2. The zero-order chi connectivity index (χ0) is 20.3. The van der Waals surface area contributed by atoms with Crippen molar-refractivity contribution in [3.63, 3.8) is 0 Å². The van der Waals surface area contributed by atoms with Gasteiger partial charge in [0, 0.05) is 24.1 Å². The summed E-state index contributed by atoms with van der Waals surface area (Å²) < 4.78 is 0.440. The lowest BCUT2D eigenvalue weighted by atomic mass is 9.95. The van der Waals surface area contributed by atoms with Gasteiger partial charge in [-0.25, -0.2) is 0 Å². The highest BCUT2D eigenvalue weighted by atomic mass is 32.2. The van der Waals surface area contributed by atoms with Gasteiger partial charge in [0.25, 0.3) is 5.91 Å². The lowest BCUT2D eigenvalue weighted by Crippen LogP contribution is -2.56. The number of thiophene rings is 1. The van der Waals surface area contributed by atoms with Crippen molar-refractivity contribution in [1.82, 2.24) is 9.80 Å². The number of thioether (sulfide) groups is 1. The third kappa shape index (κ3) is 4.50. The molecule has 0 radical (unpaired) electrons. The Morgan fingerprint density at radius 3 is 2.86 bits per heavy atom. The number of carbonyl (C=O) groups is 2. The van der Waals surface area contributed by atoms with E-state index >= 15 is 0 Å². The molecule has 0 aromatic carbocycles. The summed E-state index contributed by atoms with van der Waals surface area (Å²) in [4.78, 5) is 31.6. The summed E-state index contributed by atoms with van der Waals surface area (Å²) in [6.07, 6.45) is 5.34. The molecule has 2 aliphatic heterocycles. The molecule has 2 aliphatic rings. The van der Waals surface area contributed by atoms with E-state index in [2.05, 4.69) is 0 Å². The molecule has 0 saturated carbocycles. The molecule has 3 heterocycles. The molecular formula is C20H26N2O3S3. The Labute approximate surface area is 179 Å². The third-order valence-electron chi connectivity index (χ3n) is 5.18. The first-order valence-electron chi connectivity index (χ1n) is 9.66. The quantitative estimate of drug-likeness (QED) is 0.542. The largest absolute Gasteiger partial charge is 0.396 e. The fraction of sp³-hybridized carbons (Fsp3) is 0.550. The van der Waals surface area contributed by atoms with Crippen LogP contribution in [0, 0.1) is 5.92 Å². The predicted octanol–water partition coefficient (Wildman–Crippen LogP) is 3.74. The van der Waals surface area contributed by atoms with Gasteiger partial charge in [0.2, 0.25) is 5.91 Å². The van der Waals surface area contributed by atoms with Crippen LogP contribution in [0.3, 0.4) is 0 Å². The van der Waals surface area contributed by atoms with E-state index in [1.807, 2.05) is 42.3 Å². The topological polar surface area (TPSA) is 60.9 Å². The lowest BCUT2D eigenvalue weighted by molar-refractivity contribution is -0.145. The Hall–Kier alpha value is -1.22. The number of hydrogen-bond acceptors (Lipinski definition) is 6. The molecule has 152 valence electrons. The number of rotatable bonds is 6. The Morgan fingerprint density at radius 1 is 1.43 bits per heavy atom. The van der Waals surface area contributed by atoms with Crippen molar-refractivity contribution in [1.29, 1.82) is 0 Å². The fourth-order valence-electron chi connectivity index (χ4n) is 3.83. The van der Waals surface area contributed by atoms with Gasteiger partial charge in [-0.3, -0.25) is 14.5 Å². The summed E-state index contributed by atoms with van der Waals surface area (Å²) >= 11 is 8.33. The van der Waals surface area contributed by atoms with Gasteiger partial charge in [0.1, 0.15) is 10.4 Å². The normalized spacial score (nSPS) is 23.1. The molecule has 2 unspecified atom stereocenters. The van der Waals surface area contributed by atoms with Gasteiger partial charge in [-0.2, -0.15) is 0 Å². The Morgan fingerprint density at radius 2 is 2.21 bits per heavy atom. The molecule has 2 saturated heterocycles. The molecule has 1 aromatic rings. The highest BCUT2D eigenvalue weighted by molar-refractivity contribution is 8.26. The number of aliphatic hydroxyl groups is 1. The maximum Gasteiger partial charge on any atom is 0.266 e. The van der Waals surface area contributed by atoms with Crippen molar-refractivity contribution in [2.45, 2.75) is 51.6 Å². The number of hydrogen-bond donors (Lipinski definition) is 1. The maximum absolute atomic E-state index is 13.5. The van der Waals surface area contributed by atoms with Crippen LogP contribution in [0.4, 0.5) is 0 Å². The molecule has 5 nitrogen and oxygen atoms in total. The zero-order valence-corrected chi connectivity index (χ0v) is 18.6. The van der Waals surface area contributed by atoms with Crippen LogP contribution in [0.25, 0.3) is 6.08 Å². The molecule has 28 heavy (non-hydrogen) atoms. The fourth-order valence-corrected chi connectivity index (χ4v) is 5.88. The molecule has 2 atom stereocenters. The van der Waals surface area contributed by atoms with E-state index in [0.717, 1.165) is 24.1 Å². The van der Waals surface area contributed by atoms with E-state index < -0.39 is 6.04 Å². The molecule has 1 aromatic heterocycles. The Balaban J connectivity index is 1.86. The van der Waals surface area contributed by atoms with Gasteiger partial charge in [-0.15, -0.1) is 11.3 Å². The van der Waals surface area contributed by atoms with Crippen molar-refractivity contribution in [2.75, 3.05) is 13.2 Å². The standard InChI is InChI=1S/C20H26N2O3S3/c1-13(2)17(19(25)21-9-4-3-6-14(21)8-10-23)22-18(24)16(28-20(22)26)12-15-7-5-11-27-15/h5,7,11-14,17,23H,3-4,6,8-10H2,1-2H3. The van der Waals surface area contributed by atoms with Crippen LogP contribution >= 0.6 is 35.3 Å². The second-order valence-electron chi connectivity index (χ2n) is 7.45. The first kappa shape index (κ1) is 21.5. The van der Waals surface area contributed by atoms with E-state index in [4.69, 9.17) is 12.2 Å². The smallest absolute Gasteiger partial charge is 0.266 e. The van der Waals surface area contributed by atoms with Crippen molar-refractivity contribution in [2.24, 2.45) is 5.92 Å². The van der Waals surface area contributed by atoms with E-state index in [1.54, 1.807) is 11.3 Å². The van der Waals surface area contributed by atoms with Crippen molar-refractivity contribution in [3.8, 4) is 0 Å². The van der Waals surface area contributed by atoms with Crippen molar-refractivity contribution < 1.29 is 14.7 Å². The Bertz CT molecular complexity index is 759. The number of amides is 2. The van der Waals surface area contributed by atoms with Crippen LogP contribution in [-0.4, -0.2) is 56.3 Å². The molecule has 0 bridgehead atoms. The molecule has 0 spiro atoms. The van der Waals surface area contributed by atoms with E-state index in [0.29, 0.717) is 22.2 Å². The summed E-state index contributed by atoms with van der Waals surface area (Å²) in [5, 5.41) is 11.3. The average molecular weight is 439 g/mol. The van der Waals surface area contributed by atoms with Gasteiger partial charge in [-0.1, -0.05) is 43.9 Å². The highest BCUT2D eigenvalue weighted by Gasteiger charge is 2.44. The van der Waals surface area contributed by atoms with Gasteiger partial charge in [0.05, 0.1) is 4.91 Å². The molecular weight excluding hydrogens is 412 g/mol. The second-order valence-corrected chi connectivity index (χ2v) is 10.1. The van der Waals surface area contributed by atoms with Crippen LogP contribution in [0.1, 0.15) is 44.4 Å². The predicted molar refractivity (Wildman–Crippen MR) is 119 cm³/mol. The van der Waals surface area contributed by atoms with Gasteiger partial charge >= 0.3 is 0 Å². The van der Waals surface area contributed by atoms with Gasteiger partial charge < -0.3 is 10.0 Å². The first-order chi connectivity index (χ1) is 13.4. The minimum absolute atomic E-state index is 0.0348. The van der Waals surface area contributed by atoms with E-state index in [9.17, 15) is 14.7 Å². The van der Waals surface area contributed by atoms with E-state index in [-0.39, 0.29) is 30.4 Å². The lowest BCUT2D eigenvalue weighted by Gasteiger charge is -2.40. The minimum Gasteiger partial charge on any atom is -0.396 e. The Kier molecular flexibility index (Phi) is 7.31. The summed E-state index contributed by atoms with van der Waals surface area (Å²) in [6.45, 7) is 4.64.